The standard InChI is InChI=1S/C18H20N2O4/c1-3-23-18(22)15-14(6-8-19-15)20-17(21)16-13-10-11(2)4-5-12(13)7-9-24-16/h4-6,8,10,16,19H,3,7,9H2,1-2H3,(H,20,21). The molecule has 0 saturated carbocycles. The van der Waals surface area contributed by atoms with Crippen LogP contribution in [0.25, 0.3) is 0 Å². The predicted molar refractivity (Wildman–Crippen MR) is 89.0 cm³/mol. The maximum absolute atomic E-state index is 12.7. The van der Waals surface area contributed by atoms with Crippen LogP contribution in [0, 0.1) is 6.92 Å². The number of rotatable bonds is 4. The highest BCUT2D eigenvalue weighted by Gasteiger charge is 2.28. The number of anilines is 1. The second kappa shape index (κ2) is 6.88. The van der Waals surface area contributed by atoms with Crippen molar-refractivity contribution in [3.8, 4) is 0 Å². The lowest BCUT2D eigenvalue weighted by atomic mass is 9.95. The van der Waals surface area contributed by atoms with Gasteiger partial charge in [-0.15, -0.1) is 0 Å². The Morgan fingerprint density at radius 2 is 2.21 bits per heavy atom. The van der Waals surface area contributed by atoms with E-state index in [0.29, 0.717) is 12.3 Å². The summed E-state index contributed by atoms with van der Waals surface area (Å²) < 4.78 is 10.7. The topological polar surface area (TPSA) is 80.4 Å². The Balaban J connectivity index is 1.81. The number of esters is 1. The van der Waals surface area contributed by atoms with Gasteiger partial charge in [-0.25, -0.2) is 4.79 Å². The van der Waals surface area contributed by atoms with Crippen molar-refractivity contribution in [3.05, 3.63) is 52.8 Å². The zero-order chi connectivity index (χ0) is 17.1. The van der Waals surface area contributed by atoms with Gasteiger partial charge in [0.2, 0.25) is 0 Å². The van der Waals surface area contributed by atoms with E-state index >= 15 is 0 Å². The lowest BCUT2D eigenvalue weighted by Gasteiger charge is -2.25. The molecule has 0 bridgehead atoms. The number of aromatic amines is 1. The molecular weight excluding hydrogens is 308 g/mol. The molecule has 0 fully saturated rings. The van der Waals surface area contributed by atoms with Crippen LogP contribution >= 0.6 is 0 Å². The average molecular weight is 328 g/mol. The molecule has 1 atom stereocenters. The van der Waals surface area contributed by atoms with Crippen molar-refractivity contribution in [3.63, 3.8) is 0 Å². The molecule has 1 unspecified atom stereocenters. The van der Waals surface area contributed by atoms with Crippen LogP contribution in [0.2, 0.25) is 0 Å². The first kappa shape index (κ1) is 16.3. The largest absolute Gasteiger partial charge is 0.461 e. The van der Waals surface area contributed by atoms with E-state index in [2.05, 4.69) is 10.3 Å². The Morgan fingerprint density at radius 3 is 3.00 bits per heavy atom. The monoisotopic (exact) mass is 328 g/mol. The maximum atomic E-state index is 12.7. The van der Waals surface area contributed by atoms with E-state index in [4.69, 9.17) is 9.47 Å². The molecule has 1 aromatic carbocycles. The first-order valence-electron chi connectivity index (χ1n) is 7.96. The van der Waals surface area contributed by atoms with Crippen LogP contribution in [0.4, 0.5) is 5.69 Å². The van der Waals surface area contributed by atoms with Gasteiger partial charge in [0, 0.05) is 6.20 Å². The molecule has 3 rings (SSSR count). The zero-order valence-electron chi connectivity index (χ0n) is 13.7. The molecule has 0 aliphatic carbocycles. The Morgan fingerprint density at radius 1 is 1.38 bits per heavy atom. The van der Waals surface area contributed by atoms with Crippen molar-refractivity contribution >= 4 is 17.6 Å². The van der Waals surface area contributed by atoms with Crippen LogP contribution in [-0.4, -0.2) is 30.1 Å². The first-order chi connectivity index (χ1) is 11.6. The van der Waals surface area contributed by atoms with Gasteiger partial charge >= 0.3 is 5.97 Å². The van der Waals surface area contributed by atoms with Gasteiger partial charge in [-0.3, -0.25) is 4.79 Å². The molecule has 1 aromatic heterocycles. The molecule has 6 nitrogen and oxygen atoms in total. The van der Waals surface area contributed by atoms with E-state index in [1.54, 1.807) is 19.2 Å². The van der Waals surface area contributed by atoms with Gasteiger partial charge < -0.3 is 19.8 Å². The Hall–Kier alpha value is -2.60. The molecule has 24 heavy (non-hydrogen) atoms. The summed E-state index contributed by atoms with van der Waals surface area (Å²) in [4.78, 5) is 27.4. The molecule has 126 valence electrons. The van der Waals surface area contributed by atoms with Gasteiger partial charge in [0.15, 0.2) is 6.10 Å². The molecule has 2 heterocycles. The van der Waals surface area contributed by atoms with Crippen molar-refractivity contribution in [2.75, 3.05) is 18.5 Å². The van der Waals surface area contributed by atoms with Crippen LogP contribution < -0.4 is 5.32 Å². The zero-order valence-corrected chi connectivity index (χ0v) is 13.7. The van der Waals surface area contributed by atoms with Gasteiger partial charge in [-0.1, -0.05) is 23.8 Å². The summed E-state index contributed by atoms with van der Waals surface area (Å²) in [5, 5.41) is 2.76. The van der Waals surface area contributed by atoms with Crippen LogP contribution in [0.15, 0.2) is 30.5 Å². The number of carbonyl (C=O) groups is 2. The minimum absolute atomic E-state index is 0.227. The predicted octanol–water partition coefficient (Wildman–Crippen LogP) is 2.75. The van der Waals surface area contributed by atoms with Gasteiger partial charge in [0.1, 0.15) is 5.69 Å². The first-order valence-corrected chi connectivity index (χ1v) is 7.96. The van der Waals surface area contributed by atoms with E-state index in [9.17, 15) is 9.59 Å². The van der Waals surface area contributed by atoms with Crippen molar-refractivity contribution in [1.82, 2.24) is 4.98 Å². The number of H-pyrrole nitrogens is 1. The molecule has 1 aliphatic heterocycles. The number of ether oxygens (including phenoxy) is 2. The fourth-order valence-corrected chi connectivity index (χ4v) is 2.82. The summed E-state index contributed by atoms with van der Waals surface area (Å²) in [5.41, 5.74) is 3.69. The van der Waals surface area contributed by atoms with Crippen LogP contribution in [0.3, 0.4) is 0 Å². The summed E-state index contributed by atoms with van der Waals surface area (Å²) in [6, 6.07) is 7.67. The Bertz CT molecular complexity index is 766. The number of carbonyl (C=O) groups excluding carboxylic acids is 2. The maximum Gasteiger partial charge on any atom is 0.356 e. The lowest BCUT2D eigenvalue weighted by Crippen LogP contribution is -2.28. The number of hydrogen-bond acceptors (Lipinski definition) is 4. The Labute approximate surface area is 140 Å². The van der Waals surface area contributed by atoms with Crippen LogP contribution in [0.1, 0.15) is 40.2 Å². The van der Waals surface area contributed by atoms with E-state index in [0.717, 1.165) is 23.1 Å². The SMILES string of the molecule is CCOC(=O)c1[nH]ccc1NC(=O)C1OCCc2ccc(C)cc21. The van der Waals surface area contributed by atoms with Crippen molar-refractivity contribution in [2.45, 2.75) is 26.4 Å². The number of benzene rings is 1. The highest BCUT2D eigenvalue weighted by atomic mass is 16.5. The van der Waals surface area contributed by atoms with Crippen molar-refractivity contribution in [2.24, 2.45) is 0 Å². The third kappa shape index (κ3) is 3.19. The fraction of sp³-hybridized carbons (Fsp3) is 0.333. The van der Waals surface area contributed by atoms with E-state index < -0.39 is 12.1 Å². The number of hydrogen-bond donors (Lipinski definition) is 2. The Kier molecular flexibility index (Phi) is 4.66. The van der Waals surface area contributed by atoms with Crippen LogP contribution in [-0.2, 0) is 20.7 Å². The van der Waals surface area contributed by atoms with Gasteiger partial charge in [0.25, 0.3) is 5.91 Å². The molecule has 2 N–H and O–H groups in total. The van der Waals surface area contributed by atoms with Gasteiger partial charge in [0.05, 0.1) is 18.9 Å². The van der Waals surface area contributed by atoms with E-state index in [1.807, 2.05) is 25.1 Å². The average Bonchev–Trinajstić information content (AvgIpc) is 3.02. The fourth-order valence-electron chi connectivity index (χ4n) is 2.82. The second-order valence-electron chi connectivity index (χ2n) is 5.68. The summed E-state index contributed by atoms with van der Waals surface area (Å²) in [6.07, 6.45) is 1.69. The number of nitrogens with one attached hydrogen (secondary N) is 2. The number of aryl methyl sites for hydroxylation is 1. The minimum Gasteiger partial charge on any atom is -0.461 e. The van der Waals surface area contributed by atoms with Crippen molar-refractivity contribution in [1.29, 1.82) is 0 Å². The molecule has 1 aliphatic rings. The van der Waals surface area contributed by atoms with Crippen LogP contribution in [0.5, 0.6) is 0 Å². The normalized spacial score (nSPS) is 16.3. The third-order valence-electron chi connectivity index (χ3n) is 3.96. The lowest BCUT2D eigenvalue weighted by molar-refractivity contribution is -0.128. The summed E-state index contributed by atoms with van der Waals surface area (Å²) in [7, 11) is 0. The summed E-state index contributed by atoms with van der Waals surface area (Å²) in [6.45, 7) is 4.47. The highest BCUT2D eigenvalue weighted by Crippen LogP contribution is 2.29. The highest BCUT2D eigenvalue weighted by molar-refractivity contribution is 6.02. The van der Waals surface area contributed by atoms with Crippen molar-refractivity contribution < 1.29 is 19.1 Å². The quantitative estimate of drug-likeness (QED) is 0.846. The molecule has 6 heteroatoms. The smallest absolute Gasteiger partial charge is 0.356 e. The molecule has 1 amide bonds. The molecule has 0 spiro atoms. The molecule has 2 aromatic rings. The molecule has 0 radical (unpaired) electrons. The van der Waals surface area contributed by atoms with E-state index in [-0.39, 0.29) is 18.2 Å². The number of amides is 1. The summed E-state index contributed by atoms with van der Waals surface area (Å²) >= 11 is 0. The van der Waals surface area contributed by atoms with Gasteiger partial charge in [-0.2, -0.15) is 0 Å². The molecular formula is C18H20N2O4. The van der Waals surface area contributed by atoms with Gasteiger partial charge in [-0.05, 0) is 37.5 Å². The number of aromatic nitrogens is 1. The minimum atomic E-state index is -0.682. The second-order valence-corrected chi connectivity index (χ2v) is 5.68. The van der Waals surface area contributed by atoms with E-state index in [1.165, 1.54) is 0 Å². The summed E-state index contributed by atoms with van der Waals surface area (Å²) in [5.74, 6) is -0.801. The third-order valence-corrected chi connectivity index (χ3v) is 3.96. The number of fused-ring (bicyclic) bond motifs is 1. The molecule has 0 saturated heterocycles.